The minimum absolute atomic E-state index is 0.0827. The van der Waals surface area contributed by atoms with Gasteiger partial charge in [0.2, 0.25) is 5.13 Å². The fraction of sp³-hybridized carbons (Fsp3) is 0.211. The number of aromatic nitrogens is 3. The fourth-order valence-electron chi connectivity index (χ4n) is 2.54. The van der Waals surface area contributed by atoms with Crippen LogP contribution in [0.1, 0.15) is 26.4 Å². The van der Waals surface area contributed by atoms with Crippen molar-refractivity contribution in [2.75, 3.05) is 26.5 Å². The molecule has 0 saturated heterocycles. The number of ether oxygens (including phenoxy) is 1. The molecule has 0 saturated carbocycles. The first-order chi connectivity index (χ1) is 13.4. The average Bonchev–Trinajstić information content (AvgIpc) is 3.14. The molecule has 1 aromatic carbocycles. The summed E-state index contributed by atoms with van der Waals surface area (Å²) in [4.78, 5) is 30.6. The lowest BCUT2D eigenvalue weighted by molar-refractivity contribution is 0.0827. The third-order valence-electron chi connectivity index (χ3n) is 3.94. The Kier molecular flexibility index (Phi) is 5.65. The zero-order valence-corrected chi connectivity index (χ0v) is 16.7. The minimum atomic E-state index is -0.352. The van der Waals surface area contributed by atoms with Gasteiger partial charge in [-0.15, -0.1) is 5.10 Å². The Balaban J connectivity index is 1.92. The van der Waals surface area contributed by atoms with Crippen LogP contribution in [0.25, 0.3) is 11.1 Å². The standard InChI is InChI=1S/C19H19N5O3S/c1-11-9-14(12-5-7-13(8-6-12)17(26)24(2)3)15(10-20-11)16(25)21-18-22-23-19(27-4)28-18/h5-10H,1-4H3,(H,21,22,25). The van der Waals surface area contributed by atoms with Gasteiger partial charge in [0.1, 0.15) is 0 Å². The van der Waals surface area contributed by atoms with Crippen LogP contribution < -0.4 is 10.1 Å². The summed E-state index contributed by atoms with van der Waals surface area (Å²) < 4.78 is 4.99. The van der Waals surface area contributed by atoms with Crippen LogP contribution in [-0.2, 0) is 0 Å². The molecule has 3 aromatic rings. The molecule has 0 atom stereocenters. The first-order valence-corrected chi connectivity index (χ1v) is 9.18. The quantitative estimate of drug-likeness (QED) is 0.711. The number of carbonyl (C=O) groups excluding carboxylic acids is 2. The van der Waals surface area contributed by atoms with E-state index < -0.39 is 0 Å². The van der Waals surface area contributed by atoms with Gasteiger partial charge in [0.15, 0.2) is 0 Å². The van der Waals surface area contributed by atoms with Crippen molar-refractivity contribution in [2.24, 2.45) is 0 Å². The van der Waals surface area contributed by atoms with Gasteiger partial charge in [0.25, 0.3) is 17.0 Å². The van der Waals surface area contributed by atoms with Crippen molar-refractivity contribution >= 4 is 28.3 Å². The van der Waals surface area contributed by atoms with Gasteiger partial charge in [-0.2, -0.15) is 0 Å². The van der Waals surface area contributed by atoms with Crippen molar-refractivity contribution < 1.29 is 14.3 Å². The molecular weight excluding hydrogens is 378 g/mol. The van der Waals surface area contributed by atoms with Crippen molar-refractivity contribution in [2.45, 2.75) is 6.92 Å². The van der Waals surface area contributed by atoms with E-state index in [2.05, 4.69) is 20.5 Å². The fourth-order valence-corrected chi connectivity index (χ4v) is 3.09. The summed E-state index contributed by atoms with van der Waals surface area (Å²) in [6, 6.07) is 8.94. The monoisotopic (exact) mass is 397 g/mol. The number of pyridine rings is 1. The predicted molar refractivity (Wildman–Crippen MR) is 107 cm³/mol. The van der Waals surface area contributed by atoms with E-state index in [0.29, 0.717) is 27.0 Å². The van der Waals surface area contributed by atoms with Crippen LogP contribution in [0, 0.1) is 6.92 Å². The lowest BCUT2D eigenvalue weighted by Gasteiger charge is -2.12. The number of nitrogens with zero attached hydrogens (tertiary/aromatic N) is 4. The third kappa shape index (κ3) is 4.15. The molecule has 0 aliphatic carbocycles. The number of rotatable bonds is 5. The van der Waals surface area contributed by atoms with Crippen LogP contribution >= 0.6 is 11.3 Å². The van der Waals surface area contributed by atoms with E-state index in [9.17, 15) is 9.59 Å². The molecule has 8 nitrogen and oxygen atoms in total. The highest BCUT2D eigenvalue weighted by molar-refractivity contribution is 7.17. The molecular formula is C19H19N5O3S. The van der Waals surface area contributed by atoms with E-state index >= 15 is 0 Å². The molecule has 0 spiro atoms. The van der Waals surface area contributed by atoms with Crippen molar-refractivity contribution in [3.8, 4) is 16.3 Å². The SMILES string of the molecule is COc1nnc(NC(=O)c2cnc(C)cc2-c2ccc(C(=O)N(C)C)cc2)s1. The second-order valence-electron chi connectivity index (χ2n) is 6.18. The van der Waals surface area contributed by atoms with E-state index in [1.807, 2.05) is 25.1 Å². The number of hydrogen-bond acceptors (Lipinski definition) is 7. The van der Waals surface area contributed by atoms with Gasteiger partial charge in [0, 0.05) is 31.5 Å². The number of nitrogens with one attached hydrogen (secondary N) is 1. The molecule has 144 valence electrons. The van der Waals surface area contributed by atoms with Crippen LogP contribution in [0.5, 0.6) is 5.19 Å². The summed E-state index contributed by atoms with van der Waals surface area (Å²) >= 11 is 1.13. The molecule has 9 heteroatoms. The van der Waals surface area contributed by atoms with Crippen LogP contribution in [0.15, 0.2) is 36.5 Å². The van der Waals surface area contributed by atoms with Gasteiger partial charge in [-0.25, -0.2) is 0 Å². The Morgan fingerprint density at radius 1 is 1.14 bits per heavy atom. The maximum atomic E-state index is 12.8. The number of methoxy groups -OCH3 is 1. The average molecular weight is 397 g/mol. The van der Waals surface area contributed by atoms with Crippen molar-refractivity contribution in [1.29, 1.82) is 0 Å². The second kappa shape index (κ2) is 8.13. The molecule has 2 aromatic heterocycles. The predicted octanol–water partition coefficient (Wildman–Crippen LogP) is 2.87. The number of carbonyl (C=O) groups is 2. The Hall–Kier alpha value is -3.33. The van der Waals surface area contributed by atoms with E-state index in [4.69, 9.17) is 4.74 Å². The maximum Gasteiger partial charge on any atom is 0.295 e. The molecule has 0 radical (unpaired) electrons. The van der Waals surface area contributed by atoms with Crippen LogP contribution in [-0.4, -0.2) is 53.1 Å². The topological polar surface area (TPSA) is 97.3 Å². The van der Waals surface area contributed by atoms with Crippen LogP contribution in [0.2, 0.25) is 0 Å². The lowest BCUT2D eigenvalue weighted by atomic mass is 9.99. The largest absolute Gasteiger partial charge is 0.472 e. The first-order valence-electron chi connectivity index (χ1n) is 8.36. The molecule has 0 aliphatic rings. The lowest BCUT2D eigenvalue weighted by Crippen LogP contribution is -2.21. The number of anilines is 1. The molecule has 2 heterocycles. The van der Waals surface area contributed by atoms with Crippen LogP contribution in [0.3, 0.4) is 0 Å². The third-order valence-corrected chi connectivity index (χ3v) is 4.74. The highest BCUT2D eigenvalue weighted by atomic mass is 32.1. The molecule has 0 aliphatic heterocycles. The summed E-state index contributed by atoms with van der Waals surface area (Å²) in [5, 5.41) is 11.1. The van der Waals surface area contributed by atoms with Crippen molar-refractivity contribution in [3.05, 3.63) is 53.3 Å². The smallest absolute Gasteiger partial charge is 0.295 e. The van der Waals surface area contributed by atoms with Gasteiger partial charge in [-0.3, -0.25) is 19.9 Å². The molecule has 0 bridgehead atoms. The van der Waals surface area contributed by atoms with Gasteiger partial charge < -0.3 is 9.64 Å². The highest BCUT2D eigenvalue weighted by Gasteiger charge is 2.17. The number of hydrogen-bond donors (Lipinski definition) is 1. The number of benzene rings is 1. The molecule has 0 unspecified atom stereocenters. The molecule has 28 heavy (non-hydrogen) atoms. The first kappa shape index (κ1) is 19.4. The normalized spacial score (nSPS) is 10.4. The molecule has 2 amide bonds. The van der Waals surface area contributed by atoms with Gasteiger partial charge in [-0.1, -0.05) is 17.2 Å². The zero-order valence-electron chi connectivity index (χ0n) is 15.9. The summed E-state index contributed by atoms with van der Waals surface area (Å²) in [5.74, 6) is -0.435. The Bertz CT molecular complexity index is 1010. The summed E-state index contributed by atoms with van der Waals surface area (Å²) in [5.41, 5.74) is 3.27. The van der Waals surface area contributed by atoms with E-state index in [1.165, 1.54) is 18.2 Å². The van der Waals surface area contributed by atoms with E-state index in [-0.39, 0.29) is 11.8 Å². The van der Waals surface area contributed by atoms with Crippen LogP contribution in [0.4, 0.5) is 5.13 Å². The Morgan fingerprint density at radius 2 is 1.86 bits per heavy atom. The minimum Gasteiger partial charge on any atom is -0.472 e. The van der Waals surface area contributed by atoms with Gasteiger partial charge >= 0.3 is 0 Å². The van der Waals surface area contributed by atoms with Crippen molar-refractivity contribution in [1.82, 2.24) is 20.1 Å². The van der Waals surface area contributed by atoms with E-state index in [1.54, 1.807) is 26.2 Å². The maximum absolute atomic E-state index is 12.8. The Labute approximate surface area is 166 Å². The second-order valence-corrected chi connectivity index (χ2v) is 7.12. The van der Waals surface area contributed by atoms with Crippen molar-refractivity contribution in [3.63, 3.8) is 0 Å². The molecule has 1 N–H and O–H groups in total. The van der Waals surface area contributed by atoms with Gasteiger partial charge in [-0.05, 0) is 47.6 Å². The highest BCUT2D eigenvalue weighted by Crippen LogP contribution is 2.27. The summed E-state index contributed by atoms with van der Waals surface area (Å²) in [6.07, 6.45) is 1.52. The molecule has 3 rings (SSSR count). The number of aryl methyl sites for hydroxylation is 1. The number of amides is 2. The molecule has 0 fully saturated rings. The zero-order chi connectivity index (χ0) is 20.3. The Morgan fingerprint density at radius 3 is 2.46 bits per heavy atom. The summed E-state index contributed by atoms with van der Waals surface area (Å²) in [6.45, 7) is 1.85. The summed E-state index contributed by atoms with van der Waals surface area (Å²) in [7, 11) is 4.89. The van der Waals surface area contributed by atoms with Gasteiger partial charge in [0.05, 0.1) is 12.7 Å². The van der Waals surface area contributed by atoms with E-state index in [0.717, 1.165) is 22.6 Å².